The number of amides is 2. The van der Waals surface area contributed by atoms with Crippen LogP contribution in [0.5, 0.6) is 0 Å². The number of likely N-dealkylation sites (tertiary alicyclic amines) is 1. The molecular weight excluding hydrogens is 332 g/mol. The Morgan fingerprint density at radius 3 is 2.52 bits per heavy atom. The SMILES string of the molecule is Cc1cc(C(=O)N2CCCC2)ccc1NC(=O)c1ccc(Cl)s1. The number of hydrogen-bond acceptors (Lipinski definition) is 3. The molecule has 0 spiro atoms. The molecule has 6 heteroatoms. The molecule has 1 aromatic carbocycles. The molecule has 2 amide bonds. The van der Waals surface area contributed by atoms with Gasteiger partial charge < -0.3 is 10.2 Å². The Bertz CT molecular complexity index is 751. The van der Waals surface area contributed by atoms with Gasteiger partial charge in [-0.25, -0.2) is 0 Å². The number of carbonyl (C=O) groups is 2. The molecule has 120 valence electrons. The average Bonchev–Trinajstić information content (AvgIpc) is 3.20. The third kappa shape index (κ3) is 3.57. The first kappa shape index (κ1) is 16.0. The third-order valence-corrected chi connectivity index (χ3v) is 5.14. The topological polar surface area (TPSA) is 49.4 Å². The Morgan fingerprint density at radius 2 is 1.91 bits per heavy atom. The summed E-state index contributed by atoms with van der Waals surface area (Å²) in [4.78, 5) is 27.0. The highest BCUT2D eigenvalue weighted by molar-refractivity contribution is 7.18. The number of rotatable bonds is 3. The molecule has 0 radical (unpaired) electrons. The van der Waals surface area contributed by atoms with Crippen LogP contribution in [-0.4, -0.2) is 29.8 Å². The van der Waals surface area contributed by atoms with E-state index in [1.165, 1.54) is 11.3 Å². The Balaban J connectivity index is 1.74. The van der Waals surface area contributed by atoms with E-state index in [-0.39, 0.29) is 11.8 Å². The number of carbonyl (C=O) groups excluding carboxylic acids is 2. The lowest BCUT2D eigenvalue weighted by Gasteiger charge is -2.16. The van der Waals surface area contributed by atoms with E-state index in [2.05, 4.69) is 5.32 Å². The Labute approximate surface area is 144 Å². The highest BCUT2D eigenvalue weighted by atomic mass is 35.5. The number of thiophene rings is 1. The van der Waals surface area contributed by atoms with Gasteiger partial charge in [0.25, 0.3) is 11.8 Å². The van der Waals surface area contributed by atoms with Crippen LogP contribution in [0, 0.1) is 6.92 Å². The van der Waals surface area contributed by atoms with Crippen molar-refractivity contribution in [3.8, 4) is 0 Å². The van der Waals surface area contributed by atoms with Crippen LogP contribution in [0.4, 0.5) is 5.69 Å². The van der Waals surface area contributed by atoms with Crippen LogP contribution in [0.2, 0.25) is 4.34 Å². The fraction of sp³-hybridized carbons (Fsp3) is 0.294. The van der Waals surface area contributed by atoms with Gasteiger partial charge in [0, 0.05) is 24.3 Å². The van der Waals surface area contributed by atoms with Gasteiger partial charge in [-0.3, -0.25) is 9.59 Å². The largest absolute Gasteiger partial charge is 0.339 e. The number of nitrogens with one attached hydrogen (secondary N) is 1. The van der Waals surface area contributed by atoms with Crippen molar-refractivity contribution < 1.29 is 9.59 Å². The van der Waals surface area contributed by atoms with Crippen molar-refractivity contribution in [3.63, 3.8) is 0 Å². The molecule has 1 N–H and O–H groups in total. The normalized spacial score (nSPS) is 14.1. The summed E-state index contributed by atoms with van der Waals surface area (Å²) in [6.07, 6.45) is 2.14. The smallest absolute Gasteiger partial charge is 0.265 e. The minimum atomic E-state index is -0.191. The van der Waals surface area contributed by atoms with Crippen LogP contribution in [0.15, 0.2) is 30.3 Å². The predicted molar refractivity (Wildman–Crippen MR) is 93.6 cm³/mol. The zero-order valence-electron chi connectivity index (χ0n) is 12.8. The van der Waals surface area contributed by atoms with Crippen LogP contribution >= 0.6 is 22.9 Å². The summed E-state index contributed by atoms with van der Waals surface area (Å²) in [6.45, 7) is 3.54. The van der Waals surface area contributed by atoms with Crippen LogP contribution in [0.25, 0.3) is 0 Å². The second-order valence-electron chi connectivity index (χ2n) is 5.59. The van der Waals surface area contributed by atoms with Crippen LogP contribution in [0.3, 0.4) is 0 Å². The Hall–Kier alpha value is -1.85. The molecule has 1 fully saturated rings. The van der Waals surface area contributed by atoms with E-state index in [9.17, 15) is 9.59 Å². The lowest BCUT2D eigenvalue weighted by atomic mass is 10.1. The van der Waals surface area contributed by atoms with Crippen LogP contribution < -0.4 is 5.32 Å². The fourth-order valence-corrected chi connectivity index (χ4v) is 3.60. The number of hydrogen-bond donors (Lipinski definition) is 1. The van der Waals surface area contributed by atoms with E-state index in [1.807, 2.05) is 17.9 Å². The van der Waals surface area contributed by atoms with Crippen molar-refractivity contribution in [1.82, 2.24) is 4.90 Å². The minimum absolute atomic E-state index is 0.0634. The molecule has 4 nitrogen and oxygen atoms in total. The lowest BCUT2D eigenvalue weighted by molar-refractivity contribution is 0.0792. The maximum atomic E-state index is 12.4. The van der Waals surface area contributed by atoms with E-state index in [0.29, 0.717) is 20.5 Å². The number of halogens is 1. The fourth-order valence-electron chi connectivity index (χ4n) is 2.66. The molecule has 0 unspecified atom stereocenters. The van der Waals surface area contributed by atoms with E-state index < -0.39 is 0 Å². The Kier molecular flexibility index (Phi) is 4.68. The molecule has 1 aliphatic rings. The summed E-state index contributed by atoms with van der Waals surface area (Å²) in [5, 5.41) is 2.86. The quantitative estimate of drug-likeness (QED) is 0.903. The van der Waals surface area contributed by atoms with E-state index in [0.717, 1.165) is 31.5 Å². The number of nitrogens with zero attached hydrogens (tertiary/aromatic N) is 1. The van der Waals surface area contributed by atoms with Gasteiger partial charge in [-0.2, -0.15) is 0 Å². The van der Waals surface area contributed by atoms with Crippen LogP contribution in [-0.2, 0) is 0 Å². The van der Waals surface area contributed by atoms with Crippen molar-refractivity contribution >= 4 is 40.4 Å². The summed E-state index contributed by atoms with van der Waals surface area (Å²) >= 11 is 7.09. The second-order valence-corrected chi connectivity index (χ2v) is 7.30. The zero-order valence-corrected chi connectivity index (χ0v) is 14.3. The van der Waals surface area contributed by atoms with E-state index >= 15 is 0 Å². The van der Waals surface area contributed by atoms with Gasteiger partial charge in [0.1, 0.15) is 0 Å². The first-order chi connectivity index (χ1) is 11.0. The number of anilines is 1. The molecule has 1 saturated heterocycles. The molecule has 1 aromatic heterocycles. The molecule has 23 heavy (non-hydrogen) atoms. The summed E-state index contributed by atoms with van der Waals surface area (Å²) in [5.41, 5.74) is 2.24. The van der Waals surface area contributed by atoms with Crippen LogP contribution in [0.1, 0.15) is 38.4 Å². The van der Waals surface area contributed by atoms with Gasteiger partial charge in [-0.05, 0) is 55.7 Å². The van der Waals surface area contributed by atoms with Gasteiger partial charge >= 0.3 is 0 Å². The molecule has 0 bridgehead atoms. The first-order valence-corrected chi connectivity index (χ1v) is 8.70. The molecular formula is C17H17ClN2O2S. The number of benzene rings is 1. The summed E-state index contributed by atoms with van der Waals surface area (Å²) in [7, 11) is 0. The highest BCUT2D eigenvalue weighted by Crippen LogP contribution is 2.24. The van der Waals surface area contributed by atoms with Gasteiger partial charge in [-0.15, -0.1) is 11.3 Å². The molecule has 1 aliphatic heterocycles. The molecule has 0 aliphatic carbocycles. The van der Waals surface area contributed by atoms with Gasteiger partial charge in [0.05, 0.1) is 9.21 Å². The number of aryl methyl sites for hydroxylation is 1. The summed E-state index contributed by atoms with van der Waals surface area (Å²) in [6, 6.07) is 8.78. The monoisotopic (exact) mass is 348 g/mol. The molecule has 3 rings (SSSR count). The highest BCUT2D eigenvalue weighted by Gasteiger charge is 2.20. The van der Waals surface area contributed by atoms with Crippen molar-refractivity contribution in [3.05, 3.63) is 50.7 Å². The van der Waals surface area contributed by atoms with E-state index in [4.69, 9.17) is 11.6 Å². The molecule has 0 saturated carbocycles. The molecule has 0 atom stereocenters. The third-order valence-electron chi connectivity index (χ3n) is 3.91. The zero-order chi connectivity index (χ0) is 16.4. The Morgan fingerprint density at radius 1 is 1.17 bits per heavy atom. The van der Waals surface area contributed by atoms with Gasteiger partial charge in [-0.1, -0.05) is 11.6 Å². The average molecular weight is 349 g/mol. The summed E-state index contributed by atoms with van der Waals surface area (Å²) in [5.74, 6) is -0.128. The van der Waals surface area contributed by atoms with E-state index in [1.54, 1.807) is 24.3 Å². The lowest BCUT2D eigenvalue weighted by Crippen LogP contribution is -2.27. The first-order valence-electron chi connectivity index (χ1n) is 7.51. The molecule has 2 aromatic rings. The minimum Gasteiger partial charge on any atom is -0.339 e. The van der Waals surface area contributed by atoms with Gasteiger partial charge in [0.2, 0.25) is 0 Å². The van der Waals surface area contributed by atoms with Crippen molar-refractivity contribution in [2.75, 3.05) is 18.4 Å². The predicted octanol–water partition coefficient (Wildman–Crippen LogP) is 4.20. The van der Waals surface area contributed by atoms with Crippen molar-refractivity contribution in [2.45, 2.75) is 19.8 Å². The second kappa shape index (κ2) is 6.72. The molecule has 2 heterocycles. The summed E-state index contributed by atoms with van der Waals surface area (Å²) < 4.78 is 0.582. The maximum Gasteiger partial charge on any atom is 0.265 e. The van der Waals surface area contributed by atoms with Crippen molar-refractivity contribution in [2.24, 2.45) is 0 Å². The standard InChI is InChI=1S/C17H17ClN2O2S/c1-11-10-12(17(22)20-8-2-3-9-20)4-5-13(11)19-16(21)14-6-7-15(18)23-14/h4-7,10H,2-3,8-9H2,1H3,(H,19,21). The maximum absolute atomic E-state index is 12.4. The van der Waals surface area contributed by atoms with Gasteiger partial charge in [0.15, 0.2) is 0 Å². The van der Waals surface area contributed by atoms with Crippen molar-refractivity contribution in [1.29, 1.82) is 0 Å².